The van der Waals surface area contributed by atoms with Crippen LogP contribution in [0.15, 0.2) is 42.5 Å². The summed E-state index contributed by atoms with van der Waals surface area (Å²) >= 11 is 1.80. The van der Waals surface area contributed by atoms with E-state index in [1.807, 2.05) is 0 Å². The minimum atomic E-state index is -0.122. The number of carbonyl (C=O) groups excluding carboxylic acids is 1. The third-order valence-electron chi connectivity index (χ3n) is 3.53. The molecule has 0 fully saturated rings. The Bertz CT molecular complexity index is 649. The quantitative estimate of drug-likeness (QED) is 0.742. The Hall–Kier alpha value is -2.14. The summed E-state index contributed by atoms with van der Waals surface area (Å²) in [5, 5.41) is 2.93. The Labute approximate surface area is 147 Å². The third kappa shape index (κ3) is 5.49. The summed E-state index contributed by atoms with van der Waals surface area (Å²) in [6.07, 6.45) is 0. The molecule has 0 spiro atoms. The van der Waals surface area contributed by atoms with Crippen LogP contribution in [0, 0.1) is 6.92 Å². The van der Waals surface area contributed by atoms with Gasteiger partial charge >= 0.3 is 0 Å². The van der Waals surface area contributed by atoms with Crippen molar-refractivity contribution in [3.05, 3.63) is 59.2 Å². The number of benzene rings is 2. The van der Waals surface area contributed by atoms with Crippen molar-refractivity contribution in [1.82, 2.24) is 5.32 Å². The molecule has 5 heteroatoms. The summed E-state index contributed by atoms with van der Waals surface area (Å²) in [5.41, 5.74) is 3.11. The van der Waals surface area contributed by atoms with Crippen molar-refractivity contribution in [3.8, 4) is 11.5 Å². The van der Waals surface area contributed by atoms with E-state index in [9.17, 15) is 4.79 Å². The van der Waals surface area contributed by atoms with Crippen LogP contribution in [0.5, 0.6) is 11.5 Å². The zero-order valence-corrected chi connectivity index (χ0v) is 15.1. The second kappa shape index (κ2) is 9.23. The van der Waals surface area contributed by atoms with Crippen molar-refractivity contribution in [2.75, 3.05) is 26.5 Å². The van der Waals surface area contributed by atoms with Crippen molar-refractivity contribution in [2.24, 2.45) is 0 Å². The maximum atomic E-state index is 12.2. The molecule has 0 radical (unpaired) electrons. The molecule has 0 unspecified atom stereocenters. The molecular formula is C19H23NO3S. The normalized spacial score (nSPS) is 10.3. The number of methoxy groups -OCH3 is 2. The molecule has 1 amide bonds. The molecule has 24 heavy (non-hydrogen) atoms. The molecule has 2 aromatic carbocycles. The minimum Gasteiger partial charge on any atom is -0.497 e. The van der Waals surface area contributed by atoms with Gasteiger partial charge in [-0.05, 0) is 24.6 Å². The summed E-state index contributed by atoms with van der Waals surface area (Å²) < 4.78 is 10.4. The van der Waals surface area contributed by atoms with Gasteiger partial charge < -0.3 is 14.8 Å². The van der Waals surface area contributed by atoms with E-state index < -0.39 is 0 Å². The molecule has 128 valence electrons. The zero-order chi connectivity index (χ0) is 17.4. The number of rotatable bonds is 8. The number of hydrogen-bond acceptors (Lipinski definition) is 4. The first-order valence-corrected chi connectivity index (χ1v) is 8.92. The number of thioether (sulfide) groups is 1. The topological polar surface area (TPSA) is 47.6 Å². The van der Waals surface area contributed by atoms with Gasteiger partial charge in [-0.3, -0.25) is 4.79 Å². The number of carbonyl (C=O) groups is 1. The van der Waals surface area contributed by atoms with Crippen LogP contribution in [0.3, 0.4) is 0 Å². The molecule has 0 bridgehead atoms. The summed E-state index contributed by atoms with van der Waals surface area (Å²) in [4.78, 5) is 12.2. The number of ether oxygens (including phenoxy) is 2. The van der Waals surface area contributed by atoms with Gasteiger partial charge in [0, 0.05) is 29.7 Å². The number of nitrogens with one attached hydrogen (secondary N) is 1. The second-order valence-corrected chi connectivity index (χ2v) is 6.50. The highest BCUT2D eigenvalue weighted by Gasteiger charge is 2.09. The van der Waals surface area contributed by atoms with Gasteiger partial charge in [0.05, 0.1) is 14.2 Å². The van der Waals surface area contributed by atoms with Crippen molar-refractivity contribution in [2.45, 2.75) is 12.7 Å². The predicted molar refractivity (Wildman–Crippen MR) is 99.2 cm³/mol. The van der Waals surface area contributed by atoms with Gasteiger partial charge in [0.25, 0.3) is 5.91 Å². The average Bonchev–Trinajstić information content (AvgIpc) is 2.62. The number of hydrogen-bond donors (Lipinski definition) is 1. The minimum absolute atomic E-state index is 0.122. The summed E-state index contributed by atoms with van der Waals surface area (Å²) in [6.45, 7) is 2.70. The van der Waals surface area contributed by atoms with Crippen LogP contribution >= 0.6 is 11.8 Å². The van der Waals surface area contributed by atoms with Gasteiger partial charge in [0.2, 0.25) is 0 Å². The molecule has 4 nitrogen and oxygen atoms in total. The van der Waals surface area contributed by atoms with Crippen LogP contribution in [0.4, 0.5) is 0 Å². The van der Waals surface area contributed by atoms with E-state index in [1.54, 1.807) is 44.2 Å². The van der Waals surface area contributed by atoms with Crippen molar-refractivity contribution >= 4 is 17.7 Å². The first-order valence-electron chi connectivity index (χ1n) is 7.77. The van der Waals surface area contributed by atoms with Gasteiger partial charge in [-0.2, -0.15) is 11.8 Å². The molecule has 0 aliphatic carbocycles. The molecule has 0 aliphatic rings. The molecule has 0 atom stereocenters. The fourth-order valence-corrected chi connectivity index (χ4v) is 2.97. The molecule has 0 aromatic heterocycles. The van der Waals surface area contributed by atoms with Gasteiger partial charge in [0.15, 0.2) is 0 Å². The summed E-state index contributed by atoms with van der Waals surface area (Å²) in [5.74, 6) is 2.90. The fourth-order valence-electron chi connectivity index (χ4n) is 2.15. The lowest BCUT2D eigenvalue weighted by molar-refractivity contribution is 0.0955. The largest absolute Gasteiger partial charge is 0.497 e. The molecule has 0 saturated heterocycles. The lowest BCUT2D eigenvalue weighted by Crippen LogP contribution is -2.25. The Morgan fingerprint density at radius 1 is 1.04 bits per heavy atom. The Balaban J connectivity index is 1.77. The van der Waals surface area contributed by atoms with Crippen LogP contribution in [0.25, 0.3) is 0 Å². The van der Waals surface area contributed by atoms with E-state index in [2.05, 4.69) is 36.5 Å². The third-order valence-corrected chi connectivity index (χ3v) is 4.57. The molecule has 0 saturated carbocycles. The monoisotopic (exact) mass is 345 g/mol. The molecule has 2 aromatic rings. The highest BCUT2D eigenvalue weighted by atomic mass is 32.2. The second-order valence-electron chi connectivity index (χ2n) is 5.40. The Morgan fingerprint density at radius 3 is 2.25 bits per heavy atom. The number of amides is 1. The standard InChI is InChI=1S/C19H23NO3S/c1-14-4-6-15(7-5-14)13-24-9-8-20-19(21)16-10-17(22-2)12-18(11-16)23-3/h4-7,10-12H,8-9,13H2,1-3H3,(H,20,21). The molecule has 0 aliphatic heterocycles. The first kappa shape index (κ1) is 18.2. The van der Waals surface area contributed by atoms with Crippen molar-refractivity contribution in [3.63, 3.8) is 0 Å². The average molecular weight is 345 g/mol. The van der Waals surface area contributed by atoms with E-state index in [0.717, 1.165) is 11.5 Å². The van der Waals surface area contributed by atoms with Crippen LogP contribution < -0.4 is 14.8 Å². The SMILES string of the molecule is COc1cc(OC)cc(C(=O)NCCSCc2ccc(C)cc2)c1. The zero-order valence-electron chi connectivity index (χ0n) is 14.3. The Kier molecular flexibility index (Phi) is 7.00. The fraction of sp³-hybridized carbons (Fsp3) is 0.316. The first-order chi connectivity index (χ1) is 11.6. The number of aryl methyl sites for hydroxylation is 1. The van der Waals surface area contributed by atoms with Gasteiger partial charge in [0.1, 0.15) is 11.5 Å². The summed E-state index contributed by atoms with van der Waals surface area (Å²) in [6, 6.07) is 13.7. The van der Waals surface area contributed by atoms with E-state index in [-0.39, 0.29) is 5.91 Å². The van der Waals surface area contributed by atoms with Crippen LogP contribution in [0.2, 0.25) is 0 Å². The smallest absolute Gasteiger partial charge is 0.251 e. The summed E-state index contributed by atoms with van der Waals surface area (Å²) in [7, 11) is 3.14. The lowest BCUT2D eigenvalue weighted by Gasteiger charge is -2.09. The van der Waals surface area contributed by atoms with Crippen LogP contribution in [-0.2, 0) is 5.75 Å². The van der Waals surface area contributed by atoms with Crippen molar-refractivity contribution in [1.29, 1.82) is 0 Å². The van der Waals surface area contributed by atoms with E-state index >= 15 is 0 Å². The van der Waals surface area contributed by atoms with Crippen LogP contribution in [0.1, 0.15) is 21.5 Å². The van der Waals surface area contributed by atoms with Gasteiger partial charge in [-0.1, -0.05) is 29.8 Å². The van der Waals surface area contributed by atoms with Gasteiger partial charge in [-0.25, -0.2) is 0 Å². The maximum Gasteiger partial charge on any atom is 0.251 e. The highest BCUT2D eigenvalue weighted by Crippen LogP contribution is 2.22. The molecular weight excluding hydrogens is 322 g/mol. The Morgan fingerprint density at radius 2 is 1.67 bits per heavy atom. The highest BCUT2D eigenvalue weighted by molar-refractivity contribution is 7.98. The molecule has 0 heterocycles. The lowest BCUT2D eigenvalue weighted by atomic mass is 10.2. The predicted octanol–water partition coefficient (Wildman–Crippen LogP) is 3.68. The maximum absolute atomic E-state index is 12.2. The molecule has 1 N–H and O–H groups in total. The van der Waals surface area contributed by atoms with Crippen molar-refractivity contribution < 1.29 is 14.3 Å². The molecule has 2 rings (SSSR count). The van der Waals surface area contributed by atoms with Gasteiger partial charge in [-0.15, -0.1) is 0 Å². The van der Waals surface area contributed by atoms with E-state index in [0.29, 0.717) is 23.6 Å². The van der Waals surface area contributed by atoms with E-state index in [4.69, 9.17) is 9.47 Å². The van der Waals surface area contributed by atoms with E-state index in [1.165, 1.54) is 11.1 Å². The van der Waals surface area contributed by atoms with Crippen LogP contribution in [-0.4, -0.2) is 32.4 Å².